The van der Waals surface area contributed by atoms with Gasteiger partial charge in [-0.1, -0.05) is 12.1 Å². The number of aryl methyl sites for hydroxylation is 1. The lowest BCUT2D eigenvalue weighted by Crippen LogP contribution is -2.33. The number of aliphatic hydroxyl groups excluding tert-OH is 1. The van der Waals surface area contributed by atoms with Crippen LogP contribution in [0.5, 0.6) is 11.6 Å². The van der Waals surface area contributed by atoms with E-state index in [-0.39, 0.29) is 35.7 Å². The number of aromatic nitrogens is 5. The zero-order valence-corrected chi connectivity index (χ0v) is 19.5. The number of aliphatic hydroxyl groups is 1. The number of nitrogens with zero attached hydrogens (tertiary/aromatic N) is 4. The highest BCUT2D eigenvalue weighted by Gasteiger charge is 2.36. The molecule has 0 aliphatic rings. The Morgan fingerprint density at radius 1 is 1.19 bits per heavy atom. The average molecular weight is 505 g/mol. The summed E-state index contributed by atoms with van der Waals surface area (Å²) < 4.78 is 54.5. The normalized spacial score (nSPS) is 12.6. The predicted octanol–water partition coefficient (Wildman–Crippen LogP) is 2.47. The van der Waals surface area contributed by atoms with Crippen LogP contribution in [0.3, 0.4) is 0 Å². The van der Waals surface area contributed by atoms with Crippen LogP contribution in [0.4, 0.5) is 13.2 Å². The van der Waals surface area contributed by atoms with Gasteiger partial charge in [-0.2, -0.15) is 13.2 Å². The third-order valence-corrected chi connectivity index (χ3v) is 5.41. The topological polar surface area (TPSA) is 124 Å². The van der Waals surface area contributed by atoms with Crippen molar-refractivity contribution in [2.45, 2.75) is 32.4 Å². The summed E-state index contributed by atoms with van der Waals surface area (Å²) >= 11 is 0. The van der Waals surface area contributed by atoms with Crippen molar-refractivity contribution in [1.82, 2.24) is 24.1 Å². The molecule has 3 heterocycles. The highest BCUT2D eigenvalue weighted by atomic mass is 19.4. The first-order valence-electron chi connectivity index (χ1n) is 10.7. The molecule has 1 unspecified atom stereocenters. The van der Waals surface area contributed by atoms with Crippen LogP contribution in [-0.4, -0.2) is 42.4 Å². The van der Waals surface area contributed by atoms with Crippen LogP contribution in [0.1, 0.15) is 18.1 Å². The van der Waals surface area contributed by atoms with Crippen LogP contribution in [0, 0.1) is 0 Å². The zero-order valence-electron chi connectivity index (χ0n) is 19.5. The summed E-state index contributed by atoms with van der Waals surface area (Å²) in [4.78, 5) is 35.0. The molecule has 36 heavy (non-hydrogen) atoms. The number of imidazole rings is 1. The molecule has 0 radical (unpaired) electrons. The van der Waals surface area contributed by atoms with Gasteiger partial charge in [-0.3, -0.25) is 14.3 Å². The predicted molar refractivity (Wildman–Crippen MR) is 123 cm³/mol. The molecule has 0 saturated heterocycles. The summed E-state index contributed by atoms with van der Waals surface area (Å²) in [6.07, 6.45) is -4.59. The number of hydrogen-bond acceptors (Lipinski definition) is 7. The molecule has 3 aromatic heterocycles. The highest BCUT2D eigenvalue weighted by molar-refractivity contribution is 5.76. The number of methoxy groups -OCH3 is 1. The van der Waals surface area contributed by atoms with Crippen molar-refractivity contribution in [3.05, 3.63) is 68.5 Å². The summed E-state index contributed by atoms with van der Waals surface area (Å²) in [5, 5.41) is 9.73. The van der Waals surface area contributed by atoms with Crippen LogP contribution in [-0.2, 0) is 26.4 Å². The summed E-state index contributed by atoms with van der Waals surface area (Å²) in [6.45, 7) is 1.11. The van der Waals surface area contributed by atoms with Crippen LogP contribution < -0.4 is 20.7 Å². The van der Waals surface area contributed by atoms with E-state index in [0.717, 1.165) is 16.8 Å². The third-order valence-electron chi connectivity index (χ3n) is 5.41. The molecule has 1 atom stereocenters. The maximum absolute atomic E-state index is 13.9. The monoisotopic (exact) mass is 505 g/mol. The number of pyridine rings is 1. The van der Waals surface area contributed by atoms with Gasteiger partial charge in [0.05, 0.1) is 19.8 Å². The molecule has 4 aromatic rings. The SMILES string of the molecule is COc1ccc(COc2ncc(-c3nc4c(c(=O)[nH]c(=O)n4CC(C)O)n3C)cc2C(F)(F)F)cc1. The summed E-state index contributed by atoms with van der Waals surface area (Å²) in [5.74, 6) is -0.0535. The van der Waals surface area contributed by atoms with E-state index in [2.05, 4.69) is 15.0 Å². The van der Waals surface area contributed by atoms with Crippen LogP contribution in [0.15, 0.2) is 46.1 Å². The minimum atomic E-state index is -4.80. The number of rotatable bonds is 7. The fourth-order valence-corrected chi connectivity index (χ4v) is 3.70. The van der Waals surface area contributed by atoms with Crippen molar-refractivity contribution in [2.75, 3.05) is 7.11 Å². The van der Waals surface area contributed by atoms with Gasteiger partial charge < -0.3 is 19.1 Å². The smallest absolute Gasteiger partial charge is 0.421 e. The Hall–Kier alpha value is -4.13. The number of fused-ring (bicyclic) bond motifs is 1. The molecule has 4 rings (SSSR count). The maximum atomic E-state index is 13.9. The first kappa shape index (κ1) is 25.0. The van der Waals surface area contributed by atoms with E-state index in [1.54, 1.807) is 24.3 Å². The maximum Gasteiger partial charge on any atom is 0.421 e. The molecular formula is C23H22F3N5O5. The van der Waals surface area contributed by atoms with Gasteiger partial charge in [-0.15, -0.1) is 0 Å². The van der Waals surface area contributed by atoms with E-state index < -0.39 is 35.0 Å². The lowest BCUT2D eigenvalue weighted by molar-refractivity contribution is -0.139. The first-order valence-corrected chi connectivity index (χ1v) is 10.7. The van der Waals surface area contributed by atoms with Crippen molar-refractivity contribution in [3.63, 3.8) is 0 Å². The van der Waals surface area contributed by atoms with Gasteiger partial charge in [0.25, 0.3) is 5.56 Å². The number of halogens is 3. The third kappa shape index (κ3) is 4.82. The molecule has 0 aliphatic heterocycles. The molecule has 0 amide bonds. The zero-order chi connectivity index (χ0) is 26.2. The number of aromatic amines is 1. The van der Waals surface area contributed by atoms with Crippen molar-refractivity contribution >= 4 is 11.2 Å². The van der Waals surface area contributed by atoms with Crippen molar-refractivity contribution < 1.29 is 27.8 Å². The molecule has 0 fully saturated rings. The van der Waals surface area contributed by atoms with Gasteiger partial charge >= 0.3 is 11.9 Å². The Labute approximate surface area is 201 Å². The summed E-state index contributed by atoms with van der Waals surface area (Å²) in [7, 11) is 2.93. The molecule has 1 aromatic carbocycles. The van der Waals surface area contributed by atoms with Crippen molar-refractivity contribution in [2.24, 2.45) is 7.05 Å². The second kappa shape index (κ2) is 9.49. The fraction of sp³-hybridized carbons (Fsp3) is 0.304. The lowest BCUT2D eigenvalue weighted by atomic mass is 10.1. The van der Waals surface area contributed by atoms with E-state index in [9.17, 15) is 27.9 Å². The Morgan fingerprint density at radius 2 is 1.89 bits per heavy atom. The molecule has 13 heteroatoms. The molecule has 2 N–H and O–H groups in total. The minimum Gasteiger partial charge on any atom is -0.497 e. The van der Waals surface area contributed by atoms with Crippen molar-refractivity contribution in [1.29, 1.82) is 0 Å². The van der Waals surface area contributed by atoms with Gasteiger partial charge in [0.2, 0.25) is 5.88 Å². The first-order chi connectivity index (χ1) is 17.0. The second-order valence-electron chi connectivity index (χ2n) is 8.10. The van der Waals surface area contributed by atoms with Crippen LogP contribution >= 0.6 is 0 Å². The second-order valence-corrected chi connectivity index (χ2v) is 8.10. The van der Waals surface area contributed by atoms with Crippen molar-refractivity contribution in [3.8, 4) is 23.0 Å². The van der Waals surface area contributed by atoms with Gasteiger partial charge in [0, 0.05) is 18.8 Å². The molecule has 0 bridgehead atoms. The Morgan fingerprint density at radius 3 is 2.50 bits per heavy atom. The number of hydrogen-bond donors (Lipinski definition) is 2. The molecule has 10 nitrogen and oxygen atoms in total. The molecule has 0 saturated carbocycles. The van der Waals surface area contributed by atoms with Gasteiger partial charge in [0.15, 0.2) is 11.2 Å². The van der Waals surface area contributed by atoms with Crippen LogP contribution in [0.25, 0.3) is 22.6 Å². The number of ether oxygens (including phenoxy) is 2. The number of nitrogens with one attached hydrogen (secondary N) is 1. The Bertz CT molecular complexity index is 1520. The quantitative estimate of drug-likeness (QED) is 0.395. The highest BCUT2D eigenvalue weighted by Crippen LogP contribution is 2.37. The molecule has 0 aliphatic carbocycles. The van der Waals surface area contributed by atoms with E-state index in [4.69, 9.17) is 9.47 Å². The average Bonchev–Trinajstić information content (AvgIpc) is 3.17. The summed E-state index contributed by atoms with van der Waals surface area (Å²) in [5.41, 5.74) is -2.24. The fourth-order valence-electron chi connectivity index (χ4n) is 3.70. The summed E-state index contributed by atoms with van der Waals surface area (Å²) in [6, 6.07) is 7.45. The van der Waals surface area contributed by atoms with Gasteiger partial charge in [-0.25, -0.2) is 14.8 Å². The van der Waals surface area contributed by atoms with Gasteiger partial charge in [0.1, 0.15) is 23.7 Å². The van der Waals surface area contributed by atoms with Crippen LogP contribution in [0.2, 0.25) is 0 Å². The Kier molecular flexibility index (Phi) is 6.59. The van der Waals surface area contributed by atoms with E-state index in [0.29, 0.717) is 11.3 Å². The minimum absolute atomic E-state index is 0.0276. The van der Waals surface area contributed by atoms with E-state index >= 15 is 0 Å². The standard InChI is InChI=1S/C23H22F3N5O5/c1-12(32)10-31-19-17(20(33)29-22(31)34)30(2)18(28-19)14-8-16(23(24,25)26)21(27-9-14)36-11-13-4-6-15(35-3)7-5-13/h4-9,12,32H,10-11H2,1-3H3,(H,29,33,34). The number of H-pyrrole nitrogens is 1. The molecule has 0 spiro atoms. The molecular weight excluding hydrogens is 483 g/mol. The lowest BCUT2D eigenvalue weighted by Gasteiger charge is -2.14. The molecule has 190 valence electrons. The van der Waals surface area contributed by atoms with E-state index in [1.165, 1.54) is 25.6 Å². The largest absolute Gasteiger partial charge is 0.497 e. The number of alkyl halides is 3. The van der Waals surface area contributed by atoms with Gasteiger partial charge in [-0.05, 0) is 30.7 Å². The van der Waals surface area contributed by atoms with E-state index in [1.807, 2.05) is 0 Å². The number of benzene rings is 1. The Balaban J connectivity index is 1.77.